The molecule has 0 saturated heterocycles. The Kier molecular flexibility index (Phi) is 35.9. The van der Waals surface area contributed by atoms with Crippen LogP contribution in [0.25, 0.3) is 43.1 Å². The predicted octanol–water partition coefficient (Wildman–Crippen LogP) is -9.73. The molecule has 10 rings (SSSR count). The molecule has 25 nitrogen and oxygen atoms in total. The quantitative estimate of drug-likeness (QED) is 0.0622. The van der Waals surface area contributed by atoms with E-state index < -0.39 is 41.0 Å². The maximum atomic E-state index is 8.49. The van der Waals surface area contributed by atoms with Crippen molar-refractivity contribution < 1.29 is 166 Å². The molecule has 4 aromatic heterocycles. The van der Waals surface area contributed by atoms with E-state index in [0.717, 1.165) is 62.0 Å². The normalized spacial score (nSPS) is 10.8. The van der Waals surface area contributed by atoms with E-state index >= 15 is 0 Å². The summed E-state index contributed by atoms with van der Waals surface area (Å²) in [5.74, 6) is 0. The van der Waals surface area contributed by atoms with Crippen molar-refractivity contribution in [3.8, 4) is 0 Å². The van der Waals surface area contributed by atoms with E-state index in [4.69, 9.17) is 74.5 Å². The van der Waals surface area contributed by atoms with Crippen LogP contribution in [0.4, 0.5) is 0 Å². The molecular formula is C54H54Cl4Cu2N6O19+2. The first-order chi connectivity index (χ1) is 37.7. The van der Waals surface area contributed by atoms with Crippen molar-refractivity contribution >= 4 is 43.1 Å². The third-order valence-electron chi connectivity index (χ3n) is 11.0. The smallest absolute Gasteiger partial charge is 0.457 e. The number of rotatable bonds is 12. The SMILES string of the molecule is O.[Cu+2].[Cu+2].[O-][Cl+3]([O-])([O-])[O-].[O-][Cl+3]([O-])([O-])[O-].[O-][Cl+3]([O-])([O-])[O-].[O-][Cl+3]([O-])([O-])[O-].[OH3+].[OH3+].c1ccc(CN(Cc2ccccn2)Cc2c3ccccc3cc3ccccc23)nc1.c1ccc(CN(Cc2ccccn2)Cc2c3ccccc3cc3ccccc23)nc1. The third kappa shape index (κ3) is 32.6. The topological polar surface area (TPSA) is 524 Å². The van der Waals surface area contributed by atoms with Crippen LogP contribution in [0.15, 0.2) is 207 Å². The Morgan fingerprint density at radius 3 is 0.624 bits per heavy atom. The maximum absolute atomic E-state index is 8.49. The second-order valence-corrected chi connectivity index (χ2v) is 19.7. The van der Waals surface area contributed by atoms with Crippen molar-refractivity contribution in [2.75, 3.05) is 0 Å². The summed E-state index contributed by atoms with van der Waals surface area (Å²) in [5, 5.41) is 10.4. The third-order valence-corrected chi connectivity index (χ3v) is 11.0. The van der Waals surface area contributed by atoms with Gasteiger partial charge in [-0.1, -0.05) is 121 Å². The first-order valence-corrected chi connectivity index (χ1v) is 28.0. The zero-order valence-corrected chi connectivity index (χ0v) is 48.8. The summed E-state index contributed by atoms with van der Waals surface area (Å²) < 4.78 is 136. The van der Waals surface area contributed by atoms with E-state index in [2.05, 4.69) is 187 Å². The molecule has 462 valence electrons. The van der Waals surface area contributed by atoms with Gasteiger partial charge in [-0.2, -0.15) is 0 Å². The Morgan fingerprint density at radius 2 is 0.447 bits per heavy atom. The molecule has 0 spiro atoms. The first kappa shape index (κ1) is 79.3. The van der Waals surface area contributed by atoms with Crippen LogP contribution < -0.4 is 74.5 Å². The number of benzene rings is 6. The molecule has 0 amide bonds. The van der Waals surface area contributed by atoms with Gasteiger partial charge >= 0.3 is 34.1 Å². The number of hydrogen-bond donors (Lipinski definition) is 0. The van der Waals surface area contributed by atoms with Crippen molar-refractivity contribution in [3.63, 3.8) is 0 Å². The summed E-state index contributed by atoms with van der Waals surface area (Å²) in [4.78, 5) is 23.1. The van der Waals surface area contributed by atoms with E-state index in [1.165, 1.54) is 54.2 Å². The van der Waals surface area contributed by atoms with Crippen molar-refractivity contribution in [2.24, 2.45) is 0 Å². The van der Waals surface area contributed by atoms with Gasteiger partial charge in [-0.25, -0.2) is 74.5 Å². The van der Waals surface area contributed by atoms with Crippen LogP contribution in [0, 0.1) is 41.0 Å². The Labute approximate surface area is 515 Å². The molecule has 2 radical (unpaired) electrons. The van der Waals surface area contributed by atoms with Gasteiger partial charge in [-0.05, 0) is 115 Å². The standard InChI is InChI=1S/2C27H23N3.4ClHO4.2Cu.3H2O/c2*1-3-13-25-21(9-1)17-22-10-2-4-14-26(22)27(25)20-30(18-23-11-5-7-15-28-23)19-24-12-6-8-16-29-24;4*2-1(3,4)5;;;;;/h2*1-17H,18-20H2;4*(H,2,3,4,5);;;3*1H2/q;;;;;;2*+2;;;/p-2. The van der Waals surface area contributed by atoms with Crippen molar-refractivity contribution in [2.45, 2.75) is 39.3 Å². The molecule has 85 heavy (non-hydrogen) atoms. The molecule has 4 heterocycles. The molecule has 6 aromatic carbocycles. The fourth-order valence-electron chi connectivity index (χ4n) is 8.22. The molecule has 0 aliphatic carbocycles. The van der Waals surface area contributed by atoms with Gasteiger partial charge in [0.15, 0.2) is 0 Å². The van der Waals surface area contributed by atoms with E-state index in [1.54, 1.807) is 0 Å². The van der Waals surface area contributed by atoms with Crippen LogP contribution in [0.5, 0.6) is 0 Å². The second-order valence-electron chi connectivity index (χ2n) is 16.7. The van der Waals surface area contributed by atoms with Crippen LogP contribution in [0.3, 0.4) is 0 Å². The van der Waals surface area contributed by atoms with Crippen LogP contribution >= 0.6 is 0 Å². The zero-order valence-electron chi connectivity index (χ0n) is 43.9. The second kappa shape index (κ2) is 38.5. The largest absolute Gasteiger partial charge is 2.00 e. The van der Waals surface area contributed by atoms with E-state index in [0.29, 0.717) is 0 Å². The Hall–Kier alpha value is -5.68. The molecule has 8 N–H and O–H groups in total. The summed E-state index contributed by atoms with van der Waals surface area (Å²) in [5.41, 5.74) is 6.98. The average molecular weight is 1360 g/mol. The average Bonchev–Trinajstić information content (AvgIpc) is 2.28. The summed E-state index contributed by atoms with van der Waals surface area (Å²) >= 11 is 0. The van der Waals surface area contributed by atoms with Gasteiger partial charge in [0.05, 0.1) is 22.8 Å². The van der Waals surface area contributed by atoms with Crippen LogP contribution in [-0.2, 0) is 84.4 Å². The first-order valence-electron chi connectivity index (χ1n) is 23.0. The van der Waals surface area contributed by atoms with Gasteiger partial charge in [0.1, 0.15) is 0 Å². The van der Waals surface area contributed by atoms with Gasteiger partial charge in [0.25, 0.3) is 0 Å². The predicted molar refractivity (Wildman–Crippen MR) is 259 cm³/mol. The molecule has 0 unspecified atom stereocenters. The molecule has 0 fully saturated rings. The van der Waals surface area contributed by atoms with Crippen LogP contribution in [0.1, 0.15) is 33.9 Å². The van der Waals surface area contributed by atoms with Crippen molar-refractivity contribution in [1.29, 1.82) is 0 Å². The molecule has 0 aliphatic heterocycles. The zero-order chi connectivity index (χ0) is 58.4. The number of hydrogen-bond acceptors (Lipinski definition) is 22. The number of halogens is 4. The number of pyridine rings is 4. The Morgan fingerprint density at radius 1 is 0.271 bits per heavy atom. The molecule has 0 atom stereocenters. The summed E-state index contributed by atoms with van der Waals surface area (Å²) in [6, 6.07) is 63.7. The summed E-state index contributed by atoms with van der Waals surface area (Å²) in [7, 11) is -19.8. The fraction of sp³-hybridized carbons (Fsp3) is 0.111. The summed E-state index contributed by atoms with van der Waals surface area (Å²) in [6.07, 6.45) is 7.45. The van der Waals surface area contributed by atoms with Crippen LogP contribution in [-0.4, -0.2) is 35.2 Å². The molecular weight excluding hydrogens is 1310 g/mol. The van der Waals surface area contributed by atoms with Gasteiger partial charge in [0, 0.05) is 64.1 Å². The Balaban J connectivity index is 0.00000121. The molecule has 10 aromatic rings. The summed E-state index contributed by atoms with van der Waals surface area (Å²) in [6.45, 7) is 4.75. The minimum Gasteiger partial charge on any atom is -0.457 e. The van der Waals surface area contributed by atoms with Gasteiger partial charge in [0.2, 0.25) is 0 Å². The van der Waals surface area contributed by atoms with Gasteiger partial charge < -0.3 is 16.4 Å². The minimum atomic E-state index is -4.94. The van der Waals surface area contributed by atoms with Crippen molar-refractivity contribution in [3.05, 3.63) is 241 Å². The number of aromatic nitrogens is 4. The fourth-order valence-corrected chi connectivity index (χ4v) is 8.22. The van der Waals surface area contributed by atoms with E-state index in [1.807, 2.05) is 49.1 Å². The minimum absolute atomic E-state index is 0. The number of nitrogens with zero attached hydrogens (tertiary/aromatic N) is 6. The van der Waals surface area contributed by atoms with Gasteiger partial charge in [-0.3, -0.25) is 29.7 Å². The van der Waals surface area contributed by atoms with Crippen molar-refractivity contribution in [1.82, 2.24) is 29.7 Å². The van der Waals surface area contributed by atoms with E-state index in [-0.39, 0.29) is 50.6 Å². The van der Waals surface area contributed by atoms with E-state index in [9.17, 15) is 0 Å². The van der Waals surface area contributed by atoms with Gasteiger partial charge in [-0.15, -0.1) is 41.0 Å². The maximum Gasteiger partial charge on any atom is 2.00 e. The monoisotopic (exact) mass is 1360 g/mol. The number of fused-ring (bicyclic) bond motifs is 4. The molecule has 0 bridgehead atoms. The molecule has 31 heteroatoms. The molecule has 0 aliphatic rings. The molecule has 0 saturated carbocycles. The Bertz CT molecular complexity index is 2980. The van der Waals surface area contributed by atoms with Crippen LogP contribution in [0.2, 0.25) is 0 Å².